The minimum atomic E-state index is -3.90. The zero-order chi connectivity index (χ0) is 23.5. The first-order valence-electron chi connectivity index (χ1n) is 9.10. The fourth-order valence-corrected chi connectivity index (χ4v) is 5.22. The van der Waals surface area contributed by atoms with Crippen LogP contribution < -0.4 is 19.5 Å². The minimum Gasteiger partial charge on any atom is -0.495 e. The van der Waals surface area contributed by atoms with Gasteiger partial charge >= 0.3 is 0 Å². The lowest BCUT2D eigenvalue weighted by molar-refractivity contribution is -0.114. The van der Waals surface area contributed by atoms with E-state index in [2.05, 4.69) is 15.2 Å². The van der Waals surface area contributed by atoms with E-state index in [1.165, 1.54) is 39.3 Å². The summed E-state index contributed by atoms with van der Waals surface area (Å²) in [4.78, 5) is 12.0. The fourth-order valence-electron chi connectivity index (χ4n) is 2.69. The number of aryl methyl sites for hydroxylation is 1. The van der Waals surface area contributed by atoms with Gasteiger partial charge in [0.1, 0.15) is 27.1 Å². The van der Waals surface area contributed by atoms with Crippen molar-refractivity contribution in [2.45, 2.75) is 18.1 Å². The predicted molar refractivity (Wildman–Crippen MR) is 124 cm³/mol. The minimum absolute atomic E-state index is 0.0852. The molecule has 0 saturated carbocycles. The Kier molecular flexibility index (Phi) is 7.12. The molecule has 0 unspecified atom stereocenters. The second-order valence-electron chi connectivity index (χ2n) is 6.47. The Bertz CT molecular complexity index is 1280. The van der Waals surface area contributed by atoms with Gasteiger partial charge < -0.3 is 19.3 Å². The van der Waals surface area contributed by atoms with Crippen LogP contribution in [-0.2, 0) is 14.8 Å². The molecule has 2 N–H and O–H groups in total. The van der Waals surface area contributed by atoms with E-state index in [4.69, 9.17) is 25.6 Å². The van der Waals surface area contributed by atoms with Crippen LogP contribution in [0.3, 0.4) is 0 Å². The van der Waals surface area contributed by atoms with Crippen LogP contribution in [0.4, 0.5) is 11.4 Å². The van der Waals surface area contributed by atoms with Gasteiger partial charge in [0.05, 0.1) is 24.9 Å². The van der Waals surface area contributed by atoms with Crippen molar-refractivity contribution in [3.05, 3.63) is 45.6 Å². The highest BCUT2D eigenvalue weighted by Gasteiger charge is 2.20. The van der Waals surface area contributed by atoms with Gasteiger partial charge in [0, 0.05) is 17.9 Å². The summed E-state index contributed by atoms with van der Waals surface area (Å²) in [7, 11) is -1.04. The average Bonchev–Trinajstić information content (AvgIpc) is 3.34. The maximum atomic E-state index is 12.9. The molecule has 1 amide bonds. The lowest BCUT2D eigenvalue weighted by Gasteiger charge is -2.13. The van der Waals surface area contributed by atoms with E-state index in [0.717, 1.165) is 11.3 Å². The van der Waals surface area contributed by atoms with E-state index < -0.39 is 10.0 Å². The number of hydrogen-bond acceptors (Lipinski definition) is 8. The summed E-state index contributed by atoms with van der Waals surface area (Å²) in [6.45, 7) is 3.08. The van der Waals surface area contributed by atoms with Crippen molar-refractivity contribution in [1.29, 1.82) is 0 Å². The first-order chi connectivity index (χ1) is 15.1. The van der Waals surface area contributed by atoms with Crippen molar-refractivity contribution in [3.8, 4) is 11.5 Å². The van der Waals surface area contributed by atoms with Gasteiger partial charge in [-0.15, -0.1) is 11.3 Å². The molecule has 0 radical (unpaired) electrons. The number of benzene rings is 1. The Labute approximate surface area is 194 Å². The maximum absolute atomic E-state index is 12.9. The lowest BCUT2D eigenvalue weighted by Crippen LogP contribution is -2.12. The monoisotopic (exact) mass is 497 g/mol. The lowest BCUT2D eigenvalue weighted by atomic mass is 10.2. The van der Waals surface area contributed by atoms with Crippen molar-refractivity contribution < 1.29 is 27.2 Å². The molecule has 0 aliphatic heterocycles. The number of aromatic nitrogens is 1. The molecule has 0 fully saturated rings. The third-order valence-electron chi connectivity index (χ3n) is 4.17. The van der Waals surface area contributed by atoms with E-state index in [-0.39, 0.29) is 26.6 Å². The maximum Gasteiger partial charge on any atom is 0.271 e. The highest BCUT2D eigenvalue weighted by molar-refractivity contribution is 7.94. The second-order valence-corrected chi connectivity index (χ2v) is 9.90. The number of ether oxygens (including phenoxy) is 2. The SMILES string of the molecule is COc1cc(OC)c(NS(=O)(=O)c2ccc(/C=C/c3onc(C)c3NC(C)=O)s2)cc1Cl. The first kappa shape index (κ1) is 23.6. The molecule has 0 atom stereocenters. The highest BCUT2D eigenvalue weighted by Crippen LogP contribution is 2.37. The van der Waals surface area contributed by atoms with Crippen LogP contribution in [-0.4, -0.2) is 33.7 Å². The van der Waals surface area contributed by atoms with Crippen LogP contribution in [0.25, 0.3) is 12.2 Å². The van der Waals surface area contributed by atoms with Crippen molar-refractivity contribution in [2.24, 2.45) is 0 Å². The standard InChI is InChI=1S/C20H20ClN3O6S2/c1-11-20(22-12(2)25)16(30-23-11)7-5-13-6-8-19(31-13)32(26,27)24-15-9-14(21)17(28-3)10-18(15)29-4/h5-10,24H,1-4H3,(H,22,25)/b7-5+. The molecule has 170 valence electrons. The van der Waals surface area contributed by atoms with Crippen LogP contribution in [0.2, 0.25) is 5.02 Å². The summed E-state index contributed by atoms with van der Waals surface area (Å²) in [6.07, 6.45) is 3.27. The Balaban J connectivity index is 1.83. The molecule has 9 nitrogen and oxygen atoms in total. The summed E-state index contributed by atoms with van der Waals surface area (Å²) < 4.78 is 43.9. The largest absolute Gasteiger partial charge is 0.495 e. The molecular weight excluding hydrogens is 478 g/mol. The molecule has 0 spiro atoms. The zero-order valence-electron chi connectivity index (χ0n) is 17.6. The van der Waals surface area contributed by atoms with Gasteiger partial charge in [-0.1, -0.05) is 16.8 Å². The second kappa shape index (κ2) is 9.63. The highest BCUT2D eigenvalue weighted by atomic mass is 35.5. The number of hydrogen-bond donors (Lipinski definition) is 2. The number of amides is 1. The molecule has 0 aliphatic carbocycles. The van der Waals surface area contributed by atoms with Crippen LogP contribution in [0.1, 0.15) is 23.3 Å². The predicted octanol–water partition coefficient (Wildman–Crippen LogP) is 4.64. The number of nitrogens with one attached hydrogen (secondary N) is 2. The van der Waals surface area contributed by atoms with Crippen LogP contribution >= 0.6 is 22.9 Å². The molecule has 2 heterocycles. The number of carbonyl (C=O) groups is 1. The van der Waals surface area contributed by atoms with Crippen molar-refractivity contribution in [1.82, 2.24) is 5.16 Å². The van der Waals surface area contributed by atoms with Gasteiger partial charge in [0.2, 0.25) is 5.91 Å². The third kappa shape index (κ3) is 5.23. The molecule has 2 aromatic heterocycles. The molecule has 32 heavy (non-hydrogen) atoms. The molecule has 0 aliphatic rings. The Hall–Kier alpha value is -3.02. The smallest absolute Gasteiger partial charge is 0.271 e. The number of rotatable bonds is 8. The molecule has 3 aromatic rings. The number of sulfonamides is 1. The van der Waals surface area contributed by atoms with Crippen LogP contribution in [0.15, 0.2) is 33.0 Å². The van der Waals surface area contributed by atoms with E-state index in [9.17, 15) is 13.2 Å². The summed E-state index contributed by atoms with van der Waals surface area (Å²) in [6, 6.07) is 6.04. The quantitative estimate of drug-likeness (QED) is 0.465. The van der Waals surface area contributed by atoms with Crippen LogP contribution in [0.5, 0.6) is 11.5 Å². The normalized spacial score (nSPS) is 11.5. The van der Waals surface area contributed by atoms with Gasteiger partial charge in [0.15, 0.2) is 5.76 Å². The Morgan fingerprint density at radius 2 is 1.91 bits per heavy atom. The van der Waals surface area contributed by atoms with E-state index in [0.29, 0.717) is 27.8 Å². The summed E-state index contributed by atoms with van der Waals surface area (Å²) in [5.41, 5.74) is 1.18. The number of anilines is 2. The van der Waals surface area contributed by atoms with E-state index >= 15 is 0 Å². The molecule has 0 bridgehead atoms. The number of thiophene rings is 1. The third-order valence-corrected chi connectivity index (χ3v) is 7.38. The number of nitrogens with zero attached hydrogens (tertiary/aromatic N) is 1. The van der Waals surface area contributed by atoms with Crippen molar-refractivity contribution >= 4 is 62.4 Å². The van der Waals surface area contributed by atoms with Gasteiger partial charge in [0.25, 0.3) is 10.0 Å². The molecule has 3 rings (SSSR count). The van der Waals surface area contributed by atoms with Gasteiger partial charge in [-0.05, 0) is 37.3 Å². The van der Waals surface area contributed by atoms with E-state index in [1.54, 1.807) is 25.1 Å². The first-order valence-corrected chi connectivity index (χ1v) is 11.8. The topological polar surface area (TPSA) is 120 Å². The number of methoxy groups -OCH3 is 2. The van der Waals surface area contributed by atoms with Crippen LogP contribution in [0, 0.1) is 6.92 Å². The van der Waals surface area contributed by atoms with Crippen molar-refractivity contribution in [2.75, 3.05) is 24.3 Å². The van der Waals surface area contributed by atoms with E-state index in [1.807, 2.05) is 0 Å². The van der Waals surface area contributed by atoms with Gasteiger partial charge in [-0.3, -0.25) is 9.52 Å². The average molecular weight is 498 g/mol. The molecule has 0 saturated heterocycles. The molecule has 1 aromatic carbocycles. The number of halogens is 1. The molecule has 12 heteroatoms. The fraction of sp³-hybridized carbons (Fsp3) is 0.200. The zero-order valence-corrected chi connectivity index (χ0v) is 19.9. The summed E-state index contributed by atoms with van der Waals surface area (Å²) in [5.74, 6) is 0.718. The molecular formula is C20H20ClN3O6S2. The number of carbonyl (C=O) groups excluding carboxylic acids is 1. The Morgan fingerprint density at radius 3 is 2.56 bits per heavy atom. The summed E-state index contributed by atoms with van der Waals surface area (Å²) in [5, 5.41) is 6.73. The van der Waals surface area contributed by atoms with Crippen molar-refractivity contribution in [3.63, 3.8) is 0 Å². The Morgan fingerprint density at radius 1 is 1.19 bits per heavy atom. The summed E-state index contributed by atoms with van der Waals surface area (Å²) >= 11 is 7.17. The van der Waals surface area contributed by atoms with Gasteiger partial charge in [-0.2, -0.15) is 0 Å². The van der Waals surface area contributed by atoms with Gasteiger partial charge in [-0.25, -0.2) is 8.42 Å².